The molecule has 2 N–H and O–H groups in total. The molecule has 0 saturated heterocycles. The van der Waals surface area contributed by atoms with Crippen molar-refractivity contribution in [3.05, 3.63) is 46.9 Å². The van der Waals surface area contributed by atoms with Crippen LogP contribution in [0.3, 0.4) is 0 Å². The fourth-order valence-electron chi connectivity index (χ4n) is 1.67. The van der Waals surface area contributed by atoms with E-state index in [1.807, 2.05) is 19.9 Å². The third kappa shape index (κ3) is 3.24. The molecule has 2 rings (SSSR count). The SMILES string of the molecule is CCNc1cc(C(=O)Nc2cnccc2C)c(Cl)cn1. The van der Waals surface area contributed by atoms with Gasteiger partial charge in [-0.3, -0.25) is 9.78 Å². The van der Waals surface area contributed by atoms with E-state index in [9.17, 15) is 4.79 Å². The number of amides is 1. The van der Waals surface area contributed by atoms with E-state index >= 15 is 0 Å². The number of aromatic nitrogens is 2. The highest BCUT2D eigenvalue weighted by Gasteiger charge is 2.13. The van der Waals surface area contributed by atoms with Crippen molar-refractivity contribution >= 4 is 29.0 Å². The number of aryl methyl sites for hydroxylation is 1. The summed E-state index contributed by atoms with van der Waals surface area (Å²) < 4.78 is 0. The van der Waals surface area contributed by atoms with Crippen molar-refractivity contribution in [2.75, 3.05) is 17.2 Å². The molecular weight excluding hydrogens is 276 g/mol. The number of hydrogen-bond acceptors (Lipinski definition) is 4. The lowest BCUT2D eigenvalue weighted by molar-refractivity contribution is 0.102. The van der Waals surface area contributed by atoms with Crippen molar-refractivity contribution in [1.29, 1.82) is 0 Å². The van der Waals surface area contributed by atoms with E-state index in [1.165, 1.54) is 6.20 Å². The number of halogens is 1. The predicted octanol–water partition coefficient (Wildman–Crippen LogP) is 3.12. The van der Waals surface area contributed by atoms with Crippen LogP contribution in [0.2, 0.25) is 5.02 Å². The first-order valence-corrected chi connectivity index (χ1v) is 6.61. The molecule has 0 radical (unpaired) electrons. The number of carbonyl (C=O) groups is 1. The lowest BCUT2D eigenvalue weighted by atomic mass is 10.2. The first kappa shape index (κ1) is 14.3. The van der Waals surface area contributed by atoms with Gasteiger partial charge >= 0.3 is 0 Å². The van der Waals surface area contributed by atoms with Gasteiger partial charge in [0.25, 0.3) is 5.91 Å². The number of nitrogens with one attached hydrogen (secondary N) is 2. The van der Waals surface area contributed by atoms with Gasteiger partial charge in [0, 0.05) is 18.9 Å². The maximum atomic E-state index is 12.3. The molecular formula is C14H15ClN4O. The van der Waals surface area contributed by atoms with Crippen molar-refractivity contribution in [2.24, 2.45) is 0 Å². The largest absolute Gasteiger partial charge is 0.370 e. The van der Waals surface area contributed by atoms with Crippen molar-refractivity contribution in [3.63, 3.8) is 0 Å². The summed E-state index contributed by atoms with van der Waals surface area (Å²) in [6.07, 6.45) is 4.74. The first-order valence-electron chi connectivity index (χ1n) is 6.23. The summed E-state index contributed by atoms with van der Waals surface area (Å²) >= 11 is 6.03. The van der Waals surface area contributed by atoms with E-state index in [2.05, 4.69) is 20.6 Å². The van der Waals surface area contributed by atoms with E-state index < -0.39 is 0 Å². The van der Waals surface area contributed by atoms with Crippen molar-refractivity contribution in [3.8, 4) is 0 Å². The molecule has 20 heavy (non-hydrogen) atoms. The molecule has 1 amide bonds. The Balaban J connectivity index is 2.25. The number of pyridine rings is 2. The maximum Gasteiger partial charge on any atom is 0.257 e. The van der Waals surface area contributed by atoms with Gasteiger partial charge in [-0.25, -0.2) is 4.98 Å². The van der Waals surface area contributed by atoms with Crippen LogP contribution in [0.1, 0.15) is 22.8 Å². The zero-order valence-electron chi connectivity index (χ0n) is 11.3. The van der Waals surface area contributed by atoms with Gasteiger partial charge in [-0.05, 0) is 31.5 Å². The summed E-state index contributed by atoms with van der Waals surface area (Å²) in [5.41, 5.74) is 1.97. The molecule has 0 aliphatic carbocycles. The van der Waals surface area contributed by atoms with Gasteiger partial charge in [-0.1, -0.05) is 11.6 Å². The molecule has 2 aromatic rings. The van der Waals surface area contributed by atoms with E-state index in [1.54, 1.807) is 18.5 Å². The minimum absolute atomic E-state index is 0.285. The molecule has 104 valence electrons. The van der Waals surface area contributed by atoms with Crippen molar-refractivity contribution < 1.29 is 4.79 Å². The summed E-state index contributed by atoms with van der Waals surface area (Å²) in [6.45, 7) is 4.57. The summed E-state index contributed by atoms with van der Waals surface area (Å²) in [5.74, 6) is 0.331. The van der Waals surface area contributed by atoms with Crippen LogP contribution in [0.4, 0.5) is 11.5 Å². The number of anilines is 2. The van der Waals surface area contributed by atoms with Crippen LogP contribution < -0.4 is 10.6 Å². The normalized spacial score (nSPS) is 10.2. The number of nitrogens with zero attached hydrogens (tertiary/aromatic N) is 2. The number of hydrogen-bond donors (Lipinski definition) is 2. The van der Waals surface area contributed by atoms with E-state index in [0.717, 1.165) is 12.1 Å². The average Bonchev–Trinajstić information content (AvgIpc) is 2.43. The van der Waals surface area contributed by atoms with E-state index in [4.69, 9.17) is 11.6 Å². The Bertz CT molecular complexity index is 630. The maximum absolute atomic E-state index is 12.3. The third-order valence-electron chi connectivity index (χ3n) is 2.75. The van der Waals surface area contributed by atoms with Gasteiger partial charge in [0.2, 0.25) is 0 Å². The summed E-state index contributed by atoms with van der Waals surface area (Å²) in [6, 6.07) is 3.46. The second-order valence-corrected chi connectivity index (χ2v) is 4.63. The molecule has 5 nitrogen and oxygen atoms in total. The molecule has 0 spiro atoms. The van der Waals surface area contributed by atoms with Gasteiger partial charge in [-0.15, -0.1) is 0 Å². The highest BCUT2D eigenvalue weighted by molar-refractivity contribution is 6.34. The minimum Gasteiger partial charge on any atom is -0.370 e. The molecule has 0 fully saturated rings. The topological polar surface area (TPSA) is 66.9 Å². The lowest BCUT2D eigenvalue weighted by Crippen LogP contribution is -2.14. The van der Waals surface area contributed by atoms with Gasteiger partial charge in [0.15, 0.2) is 0 Å². The summed E-state index contributed by atoms with van der Waals surface area (Å²) in [7, 11) is 0. The first-order chi connectivity index (χ1) is 9.61. The highest BCUT2D eigenvalue weighted by atomic mass is 35.5. The Hall–Kier alpha value is -2.14. The smallest absolute Gasteiger partial charge is 0.257 e. The summed E-state index contributed by atoms with van der Waals surface area (Å²) in [5, 5.41) is 6.15. The number of carbonyl (C=O) groups excluding carboxylic acids is 1. The van der Waals surface area contributed by atoms with Crippen molar-refractivity contribution in [2.45, 2.75) is 13.8 Å². The fourth-order valence-corrected chi connectivity index (χ4v) is 1.86. The molecule has 0 saturated carbocycles. The second kappa shape index (κ2) is 6.34. The zero-order valence-corrected chi connectivity index (χ0v) is 12.0. The minimum atomic E-state index is -0.285. The Morgan fingerprint density at radius 1 is 1.40 bits per heavy atom. The van der Waals surface area contributed by atoms with Gasteiger partial charge < -0.3 is 10.6 Å². The molecule has 0 atom stereocenters. The molecule has 0 aliphatic heterocycles. The van der Waals surface area contributed by atoms with Crippen LogP contribution in [0, 0.1) is 6.92 Å². The molecule has 6 heteroatoms. The molecule has 0 bridgehead atoms. The quantitative estimate of drug-likeness (QED) is 0.908. The lowest BCUT2D eigenvalue weighted by Gasteiger charge is -2.10. The average molecular weight is 291 g/mol. The Kier molecular flexibility index (Phi) is 4.53. The summed E-state index contributed by atoms with van der Waals surface area (Å²) in [4.78, 5) is 20.4. The molecule has 0 aliphatic rings. The molecule has 2 aromatic heterocycles. The van der Waals surface area contributed by atoms with Gasteiger partial charge in [0.05, 0.1) is 22.5 Å². The zero-order chi connectivity index (χ0) is 14.5. The van der Waals surface area contributed by atoms with E-state index in [-0.39, 0.29) is 5.91 Å². The second-order valence-electron chi connectivity index (χ2n) is 4.22. The molecule has 0 unspecified atom stereocenters. The molecule has 2 heterocycles. The monoisotopic (exact) mass is 290 g/mol. The Morgan fingerprint density at radius 3 is 2.90 bits per heavy atom. The van der Waals surface area contributed by atoms with E-state index in [0.29, 0.717) is 22.1 Å². The van der Waals surface area contributed by atoms with Crippen LogP contribution in [0.15, 0.2) is 30.7 Å². The standard InChI is InChI=1S/C14H15ClN4O/c1-3-17-13-6-10(11(15)7-18-13)14(20)19-12-8-16-5-4-9(12)2/h4-8H,3H2,1-2H3,(H,17,18)(H,19,20). The fraction of sp³-hybridized carbons (Fsp3) is 0.214. The van der Waals surface area contributed by atoms with Crippen LogP contribution in [0.25, 0.3) is 0 Å². The van der Waals surface area contributed by atoms with Crippen LogP contribution in [-0.4, -0.2) is 22.4 Å². The Labute approximate surface area is 122 Å². The van der Waals surface area contributed by atoms with Crippen LogP contribution in [0.5, 0.6) is 0 Å². The van der Waals surface area contributed by atoms with Crippen LogP contribution in [-0.2, 0) is 0 Å². The van der Waals surface area contributed by atoms with Gasteiger partial charge in [-0.2, -0.15) is 0 Å². The Morgan fingerprint density at radius 2 is 2.20 bits per heavy atom. The highest BCUT2D eigenvalue weighted by Crippen LogP contribution is 2.20. The predicted molar refractivity (Wildman–Crippen MR) is 80.3 cm³/mol. The van der Waals surface area contributed by atoms with Gasteiger partial charge in [0.1, 0.15) is 5.82 Å². The molecule has 0 aromatic carbocycles. The number of rotatable bonds is 4. The third-order valence-corrected chi connectivity index (χ3v) is 3.05. The van der Waals surface area contributed by atoms with Crippen LogP contribution >= 0.6 is 11.6 Å². The van der Waals surface area contributed by atoms with Crippen molar-refractivity contribution in [1.82, 2.24) is 9.97 Å².